The molecular weight excluding hydrogens is 218 g/mol. The van der Waals surface area contributed by atoms with Gasteiger partial charge >= 0.3 is 0 Å². The Morgan fingerprint density at radius 3 is 1.81 bits per heavy atom. The summed E-state index contributed by atoms with van der Waals surface area (Å²) in [4.78, 5) is 0. The molecule has 0 bridgehead atoms. The van der Waals surface area contributed by atoms with Gasteiger partial charge in [-0.05, 0) is 30.2 Å². The molecule has 0 saturated carbocycles. The lowest BCUT2D eigenvalue weighted by atomic mass is 9.99. The van der Waals surface area contributed by atoms with Gasteiger partial charge in [0.2, 0.25) is 0 Å². The molecule has 82 valence electrons. The molecule has 0 unspecified atom stereocenters. The Morgan fingerprint density at radius 1 is 0.875 bits per heavy atom. The number of hydrogen-bond acceptors (Lipinski definition) is 1. The molecule has 0 heterocycles. The lowest BCUT2D eigenvalue weighted by Crippen LogP contribution is -2.11. The van der Waals surface area contributed by atoms with Crippen molar-refractivity contribution in [2.24, 2.45) is 5.73 Å². The van der Waals surface area contributed by atoms with Crippen LogP contribution in [0, 0.1) is 6.92 Å². The van der Waals surface area contributed by atoms with Gasteiger partial charge in [-0.25, -0.2) is 0 Å². The molecule has 2 aromatic carbocycles. The first kappa shape index (κ1) is 11.2. The van der Waals surface area contributed by atoms with E-state index in [9.17, 15) is 0 Å². The van der Waals surface area contributed by atoms with Crippen molar-refractivity contribution in [3.05, 3.63) is 70.2 Å². The summed E-state index contributed by atoms with van der Waals surface area (Å²) in [5, 5.41) is 0.736. The molecule has 0 aromatic heterocycles. The molecule has 2 aromatic rings. The molecule has 0 fully saturated rings. The highest BCUT2D eigenvalue weighted by atomic mass is 35.5. The van der Waals surface area contributed by atoms with Gasteiger partial charge in [0.1, 0.15) is 0 Å². The normalized spacial score (nSPS) is 12.4. The number of nitrogens with two attached hydrogens (primary N) is 1. The predicted molar refractivity (Wildman–Crippen MR) is 68.7 cm³/mol. The minimum atomic E-state index is -0.0853. The first-order valence-electron chi connectivity index (χ1n) is 5.24. The highest BCUT2D eigenvalue weighted by Crippen LogP contribution is 2.21. The van der Waals surface area contributed by atoms with Crippen LogP contribution in [0.5, 0.6) is 0 Å². The van der Waals surface area contributed by atoms with Crippen LogP contribution in [0.3, 0.4) is 0 Å². The van der Waals surface area contributed by atoms with Gasteiger partial charge in [-0.15, -0.1) is 0 Å². The summed E-state index contributed by atoms with van der Waals surface area (Å²) in [6.45, 7) is 2.07. The minimum Gasteiger partial charge on any atom is -0.320 e. The molecule has 0 amide bonds. The smallest absolute Gasteiger partial charge is 0.0551 e. The SMILES string of the molecule is Cc1ccc([C@H](N)c2ccc(Cl)cc2)cc1. The second-order valence-corrected chi connectivity index (χ2v) is 4.38. The molecule has 0 spiro atoms. The summed E-state index contributed by atoms with van der Waals surface area (Å²) in [5.41, 5.74) is 9.61. The molecular formula is C14H14ClN. The third-order valence-corrected chi connectivity index (χ3v) is 2.92. The van der Waals surface area contributed by atoms with E-state index in [0.29, 0.717) is 0 Å². The third kappa shape index (κ3) is 2.43. The fourth-order valence-electron chi connectivity index (χ4n) is 1.64. The molecule has 2 N–H and O–H groups in total. The van der Waals surface area contributed by atoms with Crippen LogP contribution in [-0.4, -0.2) is 0 Å². The predicted octanol–water partition coefficient (Wildman–Crippen LogP) is 3.70. The Kier molecular flexibility index (Phi) is 3.28. The second kappa shape index (κ2) is 4.69. The van der Waals surface area contributed by atoms with Crippen LogP contribution in [0.2, 0.25) is 5.02 Å². The maximum Gasteiger partial charge on any atom is 0.0551 e. The highest BCUT2D eigenvalue weighted by molar-refractivity contribution is 6.30. The molecule has 16 heavy (non-hydrogen) atoms. The number of benzene rings is 2. The lowest BCUT2D eigenvalue weighted by molar-refractivity contribution is 0.871. The van der Waals surface area contributed by atoms with Crippen molar-refractivity contribution in [2.45, 2.75) is 13.0 Å². The van der Waals surface area contributed by atoms with Crippen LogP contribution >= 0.6 is 11.6 Å². The monoisotopic (exact) mass is 231 g/mol. The Balaban J connectivity index is 2.28. The van der Waals surface area contributed by atoms with Gasteiger partial charge in [0.15, 0.2) is 0 Å². The average Bonchev–Trinajstić information content (AvgIpc) is 2.30. The molecule has 2 heteroatoms. The van der Waals surface area contributed by atoms with E-state index in [1.807, 2.05) is 24.3 Å². The molecule has 0 aliphatic carbocycles. The van der Waals surface area contributed by atoms with E-state index in [2.05, 4.69) is 31.2 Å². The Hall–Kier alpha value is -1.31. The zero-order valence-corrected chi connectivity index (χ0v) is 9.91. The summed E-state index contributed by atoms with van der Waals surface area (Å²) in [6.07, 6.45) is 0. The van der Waals surface area contributed by atoms with Crippen molar-refractivity contribution < 1.29 is 0 Å². The van der Waals surface area contributed by atoms with Crippen LogP contribution in [-0.2, 0) is 0 Å². The fraction of sp³-hybridized carbons (Fsp3) is 0.143. The summed E-state index contributed by atoms with van der Waals surface area (Å²) in [7, 11) is 0. The van der Waals surface area contributed by atoms with Crippen LogP contribution in [0.1, 0.15) is 22.7 Å². The van der Waals surface area contributed by atoms with Gasteiger partial charge in [0.25, 0.3) is 0 Å². The summed E-state index contributed by atoms with van der Waals surface area (Å²) >= 11 is 5.84. The molecule has 0 aliphatic heterocycles. The number of hydrogen-bond donors (Lipinski definition) is 1. The number of rotatable bonds is 2. The lowest BCUT2D eigenvalue weighted by Gasteiger charge is -2.12. The molecule has 1 atom stereocenters. The topological polar surface area (TPSA) is 26.0 Å². The molecule has 0 radical (unpaired) electrons. The van der Waals surface area contributed by atoms with Gasteiger partial charge in [-0.3, -0.25) is 0 Å². The standard InChI is InChI=1S/C14H14ClN/c1-10-2-4-11(5-3-10)14(16)12-6-8-13(15)9-7-12/h2-9,14H,16H2,1H3/t14-/m0/s1. The second-order valence-electron chi connectivity index (χ2n) is 3.94. The maximum atomic E-state index is 6.17. The molecule has 1 nitrogen and oxygen atoms in total. The molecule has 0 saturated heterocycles. The van der Waals surface area contributed by atoms with Gasteiger partial charge < -0.3 is 5.73 Å². The van der Waals surface area contributed by atoms with Gasteiger partial charge in [0, 0.05) is 5.02 Å². The van der Waals surface area contributed by atoms with E-state index < -0.39 is 0 Å². The number of aryl methyl sites for hydroxylation is 1. The van der Waals surface area contributed by atoms with E-state index in [1.165, 1.54) is 5.56 Å². The number of halogens is 1. The highest BCUT2D eigenvalue weighted by Gasteiger charge is 2.07. The van der Waals surface area contributed by atoms with Crippen LogP contribution < -0.4 is 5.73 Å². The van der Waals surface area contributed by atoms with Crippen molar-refractivity contribution in [2.75, 3.05) is 0 Å². The van der Waals surface area contributed by atoms with Crippen LogP contribution in [0.4, 0.5) is 0 Å². The zero-order valence-electron chi connectivity index (χ0n) is 9.15. The van der Waals surface area contributed by atoms with Crippen molar-refractivity contribution in [1.82, 2.24) is 0 Å². The quantitative estimate of drug-likeness (QED) is 0.838. The van der Waals surface area contributed by atoms with E-state index in [-0.39, 0.29) is 6.04 Å². The minimum absolute atomic E-state index is 0.0853. The summed E-state index contributed by atoms with van der Waals surface area (Å²) in [5.74, 6) is 0. The van der Waals surface area contributed by atoms with E-state index in [0.717, 1.165) is 16.1 Å². The average molecular weight is 232 g/mol. The summed E-state index contributed by atoms with van der Waals surface area (Å²) in [6, 6.07) is 15.9. The van der Waals surface area contributed by atoms with Crippen molar-refractivity contribution in [1.29, 1.82) is 0 Å². The van der Waals surface area contributed by atoms with Gasteiger partial charge in [0.05, 0.1) is 6.04 Å². The van der Waals surface area contributed by atoms with Crippen molar-refractivity contribution in [3.8, 4) is 0 Å². The van der Waals surface area contributed by atoms with Crippen molar-refractivity contribution >= 4 is 11.6 Å². The Labute approximate surface area is 101 Å². The van der Waals surface area contributed by atoms with Gasteiger partial charge in [-0.2, -0.15) is 0 Å². The largest absolute Gasteiger partial charge is 0.320 e. The van der Waals surface area contributed by atoms with Crippen molar-refractivity contribution in [3.63, 3.8) is 0 Å². The molecule has 0 aliphatic rings. The first-order valence-corrected chi connectivity index (χ1v) is 5.62. The first-order chi connectivity index (χ1) is 7.66. The van der Waals surface area contributed by atoms with E-state index in [4.69, 9.17) is 17.3 Å². The van der Waals surface area contributed by atoms with Gasteiger partial charge in [-0.1, -0.05) is 53.6 Å². The van der Waals surface area contributed by atoms with E-state index in [1.54, 1.807) is 0 Å². The summed E-state index contributed by atoms with van der Waals surface area (Å²) < 4.78 is 0. The Bertz CT molecular complexity index is 414. The maximum absolute atomic E-state index is 6.17. The molecule has 2 rings (SSSR count). The van der Waals surface area contributed by atoms with Crippen LogP contribution in [0.15, 0.2) is 48.5 Å². The van der Waals surface area contributed by atoms with E-state index >= 15 is 0 Å². The zero-order chi connectivity index (χ0) is 11.5. The Morgan fingerprint density at radius 2 is 1.31 bits per heavy atom. The van der Waals surface area contributed by atoms with Crippen LogP contribution in [0.25, 0.3) is 0 Å². The third-order valence-electron chi connectivity index (χ3n) is 2.67. The fourth-order valence-corrected chi connectivity index (χ4v) is 1.76.